The number of rotatable bonds is 6. The second-order valence-electron chi connectivity index (χ2n) is 13.8. The summed E-state index contributed by atoms with van der Waals surface area (Å²) in [5.74, 6) is 0.573. The largest absolute Gasteiger partial charge is 0.416 e. The van der Waals surface area contributed by atoms with Gasteiger partial charge in [-0.3, -0.25) is 19.9 Å². The van der Waals surface area contributed by atoms with Crippen LogP contribution in [0.15, 0.2) is 175 Å². The molecule has 9 aromatic rings. The van der Waals surface area contributed by atoms with Crippen molar-refractivity contribution in [2.75, 3.05) is 11.4 Å². The van der Waals surface area contributed by atoms with E-state index in [2.05, 4.69) is 71.7 Å². The molecule has 0 spiro atoms. The first-order valence-electron chi connectivity index (χ1n) is 18.4. The maximum Gasteiger partial charge on any atom is 0.416 e. The Balaban J connectivity index is 1.12. The highest BCUT2D eigenvalue weighted by molar-refractivity contribution is 7.21. The summed E-state index contributed by atoms with van der Waals surface area (Å²) < 4.78 is 41.7. The predicted octanol–water partition coefficient (Wildman–Crippen LogP) is 12.7. The molecular formula is C48H30F3N5S. The summed E-state index contributed by atoms with van der Waals surface area (Å²) >= 11 is 1.66. The van der Waals surface area contributed by atoms with Gasteiger partial charge in [0.25, 0.3) is 0 Å². The van der Waals surface area contributed by atoms with Gasteiger partial charge in [-0.05, 0) is 113 Å². The SMILES string of the molecule is FC(F)(F)c1ccc(C2=NCC=C(c3cccc(-c4cc(-c5nc6ccccc6s5)cc(-c5cc6cccnc6c6ncccc56)c4)c3)N2c2ccccc2)cc1. The van der Waals surface area contributed by atoms with E-state index in [4.69, 9.17) is 15.0 Å². The molecule has 0 saturated heterocycles. The van der Waals surface area contributed by atoms with E-state index in [-0.39, 0.29) is 0 Å². The number of halogens is 3. The van der Waals surface area contributed by atoms with E-state index in [1.807, 2.05) is 71.6 Å². The van der Waals surface area contributed by atoms with Crippen LogP contribution in [0.5, 0.6) is 0 Å². The first-order chi connectivity index (χ1) is 27.9. The average molecular weight is 766 g/mol. The molecule has 0 radical (unpaired) electrons. The quantitative estimate of drug-likeness (QED) is 0.158. The van der Waals surface area contributed by atoms with Gasteiger partial charge in [0.15, 0.2) is 0 Å². The fourth-order valence-corrected chi connectivity index (χ4v) is 8.50. The number of nitrogens with zero attached hydrogens (tertiary/aromatic N) is 5. The minimum atomic E-state index is -4.43. The molecule has 3 aromatic heterocycles. The molecule has 0 fully saturated rings. The lowest BCUT2D eigenvalue weighted by atomic mass is 9.92. The predicted molar refractivity (Wildman–Crippen MR) is 226 cm³/mol. The average Bonchev–Trinajstić information content (AvgIpc) is 3.71. The van der Waals surface area contributed by atoms with Crippen LogP contribution in [0.25, 0.3) is 70.5 Å². The van der Waals surface area contributed by atoms with Crippen molar-refractivity contribution in [2.24, 2.45) is 4.99 Å². The van der Waals surface area contributed by atoms with Crippen molar-refractivity contribution in [1.82, 2.24) is 15.0 Å². The van der Waals surface area contributed by atoms with Crippen LogP contribution in [0.2, 0.25) is 0 Å². The van der Waals surface area contributed by atoms with Crippen LogP contribution < -0.4 is 4.90 Å². The summed E-state index contributed by atoms with van der Waals surface area (Å²) in [7, 11) is 0. The maximum absolute atomic E-state index is 13.5. The highest BCUT2D eigenvalue weighted by atomic mass is 32.1. The van der Waals surface area contributed by atoms with Crippen LogP contribution in [0.1, 0.15) is 16.7 Å². The Morgan fingerprint density at radius 1 is 0.579 bits per heavy atom. The number of benzene rings is 6. The number of hydrogen-bond acceptors (Lipinski definition) is 6. The monoisotopic (exact) mass is 765 g/mol. The zero-order chi connectivity index (χ0) is 38.5. The topological polar surface area (TPSA) is 54.3 Å². The number of pyridine rings is 2. The summed E-state index contributed by atoms with van der Waals surface area (Å²) in [6, 6.07) is 48.5. The first kappa shape index (κ1) is 34.5. The molecule has 0 unspecified atom stereocenters. The van der Waals surface area contributed by atoms with Crippen LogP contribution >= 0.6 is 11.3 Å². The number of fused-ring (bicyclic) bond motifs is 4. The van der Waals surface area contributed by atoms with Gasteiger partial charge in [-0.25, -0.2) is 4.98 Å². The van der Waals surface area contributed by atoms with Crippen molar-refractivity contribution in [3.05, 3.63) is 187 Å². The van der Waals surface area contributed by atoms with Gasteiger partial charge in [0, 0.05) is 40.0 Å². The van der Waals surface area contributed by atoms with E-state index < -0.39 is 11.7 Å². The number of hydrogen-bond donors (Lipinski definition) is 0. The fourth-order valence-electron chi connectivity index (χ4n) is 7.55. The third kappa shape index (κ3) is 6.41. The molecule has 5 nitrogen and oxygen atoms in total. The van der Waals surface area contributed by atoms with Crippen LogP contribution in [-0.4, -0.2) is 27.3 Å². The highest BCUT2D eigenvalue weighted by Gasteiger charge is 2.31. The van der Waals surface area contributed by atoms with Crippen molar-refractivity contribution < 1.29 is 13.2 Å². The van der Waals surface area contributed by atoms with Gasteiger partial charge in [0.2, 0.25) is 0 Å². The van der Waals surface area contributed by atoms with Crippen molar-refractivity contribution >= 4 is 60.6 Å². The van der Waals surface area contributed by atoms with Crippen LogP contribution in [-0.2, 0) is 6.18 Å². The molecule has 0 bridgehead atoms. The van der Waals surface area contributed by atoms with Crippen molar-refractivity contribution in [2.45, 2.75) is 6.18 Å². The summed E-state index contributed by atoms with van der Waals surface area (Å²) in [5.41, 5.74) is 10.3. The van der Waals surface area contributed by atoms with Crippen molar-refractivity contribution in [1.29, 1.82) is 0 Å². The Hall–Kier alpha value is -6.97. The van der Waals surface area contributed by atoms with E-state index >= 15 is 0 Å². The number of anilines is 1. The van der Waals surface area contributed by atoms with Gasteiger partial charge >= 0.3 is 6.18 Å². The molecule has 1 aliphatic heterocycles. The second kappa shape index (κ2) is 14.0. The smallest absolute Gasteiger partial charge is 0.294 e. The molecule has 57 heavy (non-hydrogen) atoms. The lowest BCUT2D eigenvalue weighted by molar-refractivity contribution is -0.137. The number of amidine groups is 1. The molecule has 6 aromatic carbocycles. The Labute approximate surface area is 329 Å². The summed E-state index contributed by atoms with van der Waals surface area (Å²) in [6.45, 7) is 0.369. The summed E-state index contributed by atoms with van der Waals surface area (Å²) in [6.07, 6.45) is 1.23. The van der Waals surface area contributed by atoms with E-state index in [1.54, 1.807) is 23.7 Å². The number of aromatic nitrogens is 3. The number of alkyl halides is 3. The molecule has 1 aliphatic rings. The fraction of sp³-hybridized carbons (Fsp3) is 0.0417. The Morgan fingerprint density at radius 3 is 2.12 bits per heavy atom. The van der Waals surface area contributed by atoms with Crippen molar-refractivity contribution in [3.63, 3.8) is 0 Å². The van der Waals surface area contributed by atoms with E-state index in [9.17, 15) is 13.2 Å². The molecule has 0 amide bonds. The molecule has 9 heteroatoms. The third-order valence-electron chi connectivity index (χ3n) is 10.2. The zero-order valence-electron chi connectivity index (χ0n) is 30.2. The van der Waals surface area contributed by atoms with Gasteiger partial charge in [-0.15, -0.1) is 11.3 Å². The summed E-state index contributed by atoms with van der Waals surface area (Å²) in [4.78, 5) is 21.4. The molecule has 0 aliphatic carbocycles. The van der Waals surface area contributed by atoms with Gasteiger partial charge in [-0.1, -0.05) is 72.8 Å². The molecule has 10 rings (SSSR count). The van der Waals surface area contributed by atoms with Crippen LogP contribution in [0.4, 0.5) is 18.9 Å². The second-order valence-corrected chi connectivity index (χ2v) is 14.8. The van der Waals surface area contributed by atoms with Gasteiger partial charge in [0.1, 0.15) is 10.8 Å². The molecule has 4 heterocycles. The Bertz CT molecular complexity index is 3010. The third-order valence-corrected chi connectivity index (χ3v) is 11.3. The maximum atomic E-state index is 13.5. The Kier molecular flexibility index (Phi) is 8.45. The van der Waals surface area contributed by atoms with E-state index in [0.29, 0.717) is 17.9 Å². The number of para-hydroxylation sites is 2. The molecule has 274 valence electrons. The van der Waals surface area contributed by atoms with E-state index in [1.165, 1.54) is 12.1 Å². The lowest BCUT2D eigenvalue weighted by Crippen LogP contribution is -2.33. The number of thiazole rings is 1. The van der Waals surface area contributed by atoms with Gasteiger partial charge in [0.05, 0.1) is 39.1 Å². The van der Waals surface area contributed by atoms with Gasteiger partial charge in [-0.2, -0.15) is 13.2 Å². The van der Waals surface area contributed by atoms with E-state index in [0.717, 1.165) is 93.9 Å². The normalized spacial score (nSPS) is 13.3. The minimum Gasteiger partial charge on any atom is -0.294 e. The van der Waals surface area contributed by atoms with Crippen molar-refractivity contribution in [3.8, 4) is 32.8 Å². The first-order valence-corrected chi connectivity index (χ1v) is 19.2. The summed E-state index contributed by atoms with van der Waals surface area (Å²) in [5, 5.41) is 2.93. The minimum absolute atomic E-state index is 0.369. The van der Waals surface area contributed by atoms with Crippen LogP contribution in [0.3, 0.4) is 0 Å². The van der Waals surface area contributed by atoms with Gasteiger partial charge < -0.3 is 0 Å². The molecule has 0 saturated carbocycles. The zero-order valence-corrected chi connectivity index (χ0v) is 31.0. The highest BCUT2D eigenvalue weighted by Crippen LogP contribution is 2.41. The number of aliphatic imine (C=N–C) groups is 1. The van der Waals surface area contributed by atoms with Crippen LogP contribution in [0, 0.1) is 0 Å². The molecule has 0 atom stereocenters. The lowest BCUT2D eigenvalue weighted by Gasteiger charge is -2.32. The Morgan fingerprint density at radius 2 is 1.30 bits per heavy atom. The molecular weight excluding hydrogens is 736 g/mol. The molecule has 0 N–H and O–H groups in total. The standard InChI is InChI=1S/C48H30F3N5S/c49-48(50,51)37-19-17-30(18-20-37)46-54-24-21-42(56(46)38-12-2-1-3-13-38)32-10-6-9-31(25-32)34-26-35(28-36(27-34)47-55-41-15-4-5-16-43(41)57-47)40-29-33-11-7-22-52-44(33)45-39(40)14-8-23-53-45/h1-23,25-29H,24H2.